The van der Waals surface area contributed by atoms with E-state index in [4.69, 9.17) is 5.11 Å². The summed E-state index contributed by atoms with van der Waals surface area (Å²) in [6.07, 6.45) is -1.18. The second-order valence-corrected chi connectivity index (χ2v) is 6.86. The molecule has 2 amide bonds. The number of para-hydroxylation sites is 1. The molecule has 0 spiro atoms. The molecule has 6 nitrogen and oxygen atoms in total. The summed E-state index contributed by atoms with van der Waals surface area (Å²) in [5.74, 6) is -0.271. The quantitative estimate of drug-likeness (QED) is 0.642. The fourth-order valence-corrected chi connectivity index (χ4v) is 3.72. The van der Waals surface area contributed by atoms with Crippen molar-refractivity contribution in [2.24, 2.45) is 0 Å². The molecule has 0 radical (unpaired) electrons. The molecule has 128 valence electrons. The predicted molar refractivity (Wildman–Crippen MR) is 99.9 cm³/mol. The van der Waals surface area contributed by atoms with Crippen molar-refractivity contribution >= 4 is 44.4 Å². The van der Waals surface area contributed by atoms with E-state index >= 15 is 0 Å². The minimum atomic E-state index is -1.18. The number of carbonyl (C=O) groups excluding carboxylic acids is 1. The van der Waals surface area contributed by atoms with Crippen molar-refractivity contribution in [3.05, 3.63) is 52.6 Å². The van der Waals surface area contributed by atoms with Crippen molar-refractivity contribution in [1.82, 2.24) is 4.98 Å². The Hall–Kier alpha value is -2.93. The van der Waals surface area contributed by atoms with Gasteiger partial charge < -0.3 is 10.4 Å². The molecule has 1 heterocycles. The molecular weight excluding hydrogens is 338 g/mol. The number of nitrogens with one attached hydrogen (secondary N) is 2. The van der Waals surface area contributed by atoms with Crippen LogP contribution in [0.2, 0.25) is 0 Å². The molecule has 0 bridgehead atoms. The molecule has 25 heavy (non-hydrogen) atoms. The molecule has 3 N–H and O–H groups in total. The number of thiazole rings is 1. The van der Waals surface area contributed by atoms with Crippen LogP contribution in [0.1, 0.15) is 27.0 Å². The van der Waals surface area contributed by atoms with Gasteiger partial charge in [-0.2, -0.15) is 0 Å². The third-order valence-corrected chi connectivity index (χ3v) is 4.73. The predicted octanol–water partition coefficient (Wildman–Crippen LogP) is 4.56. The molecule has 0 aliphatic carbocycles. The maximum Gasteiger partial charge on any atom is 0.410 e. The monoisotopic (exact) mass is 355 g/mol. The maximum atomic E-state index is 12.8. The first-order valence-corrected chi connectivity index (χ1v) is 8.45. The van der Waals surface area contributed by atoms with Gasteiger partial charge in [-0.1, -0.05) is 35.1 Å². The van der Waals surface area contributed by atoms with Crippen molar-refractivity contribution < 1.29 is 14.7 Å². The summed E-state index contributed by atoms with van der Waals surface area (Å²) in [6, 6.07) is 9.27. The van der Waals surface area contributed by atoms with E-state index in [2.05, 4.69) is 15.6 Å². The number of nitrogens with zero attached hydrogens (tertiary/aromatic N) is 1. The van der Waals surface area contributed by atoms with Crippen molar-refractivity contribution in [2.45, 2.75) is 20.8 Å². The van der Waals surface area contributed by atoms with Crippen LogP contribution in [0, 0.1) is 20.8 Å². The normalized spacial score (nSPS) is 10.7. The molecule has 1 aromatic heterocycles. The SMILES string of the molecule is Cc1cc(C)c(NC(=O)c2cccc3sc(NC(=O)O)nc23)c(C)c1. The summed E-state index contributed by atoms with van der Waals surface area (Å²) in [4.78, 5) is 27.8. The van der Waals surface area contributed by atoms with Crippen LogP contribution in [0.25, 0.3) is 10.2 Å². The van der Waals surface area contributed by atoms with Crippen LogP contribution in [0.4, 0.5) is 15.6 Å². The van der Waals surface area contributed by atoms with Gasteiger partial charge in [0.25, 0.3) is 5.91 Å². The fraction of sp³-hybridized carbons (Fsp3) is 0.167. The minimum Gasteiger partial charge on any atom is -0.465 e. The topological polar surface area (TPSA) is 91.3 Å². The molecular formula is C18H17N3O3S. The highest BCUT2D eigenvalue weighted by molar-refractivity contribution is 7.22. The first-order valence-electron chi connectivity index (χ1n) is 7.64. The van der Waals surface area contributed by atoms with Gasteiger partial charge in [0, 0.05) is 5.69 Å². The molecule has 3 rings (SSSR count). The molecule has 3 aromatic rings. The molecule has 0 saturated heterocycles. The molecule has 7 heteroatoms. The van der Waals surface area contributed by atoms with Crippen LogP contribution in [-0.2, 0) is 0 Å². The lowest BCUT2D eigenvalue weighted by Crippen LogP contribution is -2.14. The van der Waals surface area contributed by atoms with Crippen molar-refractivity contribution in [2.75, 3.05) is 10.6 Å². The number of carbonyl (C=O) groups is 2. The first-order chi connectivity index (χ1) is 11.8. The summed E-state index contributed by atoms with van der Waals surface area (Å²) in [7, 11) is 0. The Kier molecular flexibility index (Phi) is 4.41. The van der Waals surface area contributed by atoms with E-state index in [-0.39, 0.29) is 11.0 Å². The van der Waals surface area contributed by atoms with Gasteiger partial charge in [0.1, 0.15) is 0 Å². The van der Waals surface area contributed by atoms with E-state index < -0.39 is 6.09 Å². The number of carboxylic acid groups (broad SMARTS) is 1. The standard InChI is InChI=1S/C18H17N3O3S/c1-9-7-10(2)14(11(3)8-9)19-16(22)12-5-4-6-13-15(12)20-17(25-13)21-18(23)24/h4-8H,1-3H3,(H,19,22)(H,20,21)(H,23,24). The average Bonchev–Trinajstić information content (AvgIpc) is 2.91. The zero-order chi connectivity index (χ0) is 18.1. The lowest BCUT2D eigenvalue weighted by molar-refractivity contribution is 0.102. The van der Waals surface area contributed by atoms with Crippen molar-refractivity contribution in [3.63, 3.8) is 0 Å². The van der Waals surface area contributed by atoms with Gasteiger partial charge in [-0.3, -0.25) is 10.1 Å². The second-order valence-electron chi connectivity index (χ2n) is 5.83. The largest absolute Gasteiger partial charge is 0.465 e. The molecule has 0 atom stereocenters. The van der Waals surface area contributed by atoms with Crippen molar-refractivity contribution in [1.29, 1.82) is 0 Å². The second kappa shape index (κ2) is 6.52. The lowest BCUT2D eigenvalue weighted by Gasteiger charge is -2.13. The zero-order valence-electron chi connectivity index (χ0n) is 14.0. The van der Waals surface area contributed by atoms with Crippen LogP contribution in [0.3, 0.4) is 0 Å². The zero-order valence-corrected chi connectivity index (χ0v) is 14.8. The van der Waals surface area contributed by atoms with E-state index in [0.29, 0.717) is 11.1 Å². The summed E-state index contributed by atoms with van der Waals surface area (Å²) in [5.41, 5.74) is 4.79. The highest BCUT2D eigenvalue weighted by Crippen LogP contribution is 2.29. The number of aromatic nitrogens is 1. The van der Waals surface area contributed by atoms with Crippen LogP contribution < -0.4 is 10.6 Å². The first kappa shape index (κ1) is 16.9. The Bertz CT molecular complexity index is 971. The maximum absolute atomic E-state index is 12.8. The Morgan fingerprint density at radius 2 is 1.76 bits per heavy atom. The Morgan fingerprint density at radius 1 is 1.08 bits per heavy atom. The number of hydrogen-bond acceptors (Lipinski definition) is 4. The summed E-state index contributed by atoms with van der Waals surface area (Å²) < 4.78 is 0.744. The third-order valence-electron chi connectivity index (χ3n) is 3.79. The lowest BCUT2D eigenvalue weighted by atomic mass is 10.0. The van der Waals surface area contributed by atoms with Gasteiger partial charge in [0.05, 0.1) is 15.8 Å². The Balaban J connectivity index is 1.97. The van der Waals surface area contributed by atoms with E-state index in [0.717, 1.165) is 27.1 Å². The highest BCUT2D eigenvalue weighted by atomic mass is 32.1. The Labute approximate surface area is 148 Å². The van der Waals surface area contributed by atoms with Crippen LogP contribution in [-0.4, -0.2) is 22.1 Å². The van der Waals surface area contributed by atoms with Gasteiger partial charge in [-0.05, 0) is 44.0 Å². The molecule has 0 fully saturated rings. The number of anilines is 2. The highest BCUT2D eigenvalue weighted by Gasteiger charge is 2.16. The van der Waals surface area contributed by atoms with E-state index in [9.17, 15) is 9.59 Å². The number of amides is 2. The number of aryl methyl sites for hydroxylation is 3. The van der Waals surface area contributed by atoms with E-state index in [1.165, 1.54) is 11.3 Å². The number of fused-ring (bicyclic) bond motifs is 1. The van der Waals surface area contributed by atoms with E-state index in [1.807, 2.05) is 32.9 Å². The summed E-state index contributed by atoms with van der Waals surface area (Å²) >= 11 is 1.19. The van der Waals surface area contributed by atoms with Gasteiger partial charge in [0.2, 0.25) is 0 Å². The molecule has 2 aromatic carbocycles. The van der Waals surface area contributed by atoms with E-state index in [1.54, 1.807) is 18.2 Å². The van der Waals surface area contributed by atoms with Gasteiger partial charge in [-0.15, -0.1) is 0 Å². The van der Waals surface area contributed by atoms with Gasteiger partial charge in [-0.25, -0.2) is 9.78 Å². The molecule has 0 unspecified atom stereocenters. The minimum absolute atomic E-state index is 0.241. The van der Waals surface area contributed by atoms with Crippen LogP contribution in [0.15, 0.2) is 30.3 Å². The van der Waals surface area contributed by atoms with Gasteiger partial charge in [0.15, 0.2) is 5.13 Å². The van der Waals surface area contributed by atoms with Crippen LogP contribution >= 0.6 is 11.3 Å². The van der Waals surface area contributed by atoms with Crippen LogP contribution in [0.5, 0.6) is 0 Å². The number of rotatable bonds is 3. The third kappa shape index (κ3) is 3.46. The Morgan fingerprint density at radius 3 is 2.40 bits per heavy atom. The fourth-order valence-electron chi connectivity index (χ4n) is 2.83. The summed E-state index contributed by atoms with van der Waals surface area (Å²) in [6.45, 7) is 5.92. The van der Waals surface area contributed by atoms with Crippen molar-refractivity contribution in [3.8, 4) is 0 Å². The van der Waals surface area contributed by atoms with Gasteiger partial charge >= 0.3 is 6.09 Å². The smallest absolute Gasteiger partial charge is 0.410 e. The molecule has 0 aliphatic rings. The molecule has 0 saturated carbocycles. The number of hydrogen-bond donors (Lipinski definition) is 3. The number of benzene rings is 2. The summed E-state index contributed by atoms with van der Waals surface area (Å²) in [5, 5.41) is 14.2. The molecule has 0 aliphatic heterocycles. The average molecular weight is 355 g/mol.